The summed E-state index contributed by atoms with van der Waals surface area (Å²) in [5.74, 6) is -0.992. The van der Waals surface area contributed by atoms with Crippen molar-refractivity contribution in [1.82, 2.24) is 10.3 Å². The van der Waals surface area contributed by atoms with Crippen LogP contribution in [0.1, 0.15) is 34.9 Å². The lowest BCUT2D eigenvalue weighted by Crippen LogP contribution is -2.16. The second kappa shape index (κ2) is 3.75. The molecule has 76 valence electrons. The molecule has 1 aromatic heterocycles. The number of aromatic carboxylic acids is 1. The number of rotatable bonds is 2. The molecule has 1 N–H and O–H groups in total. The van der Waals surface area contributed by atoms with Gasteiger partial charge in [0, 0.05) is 19.1 Å². The van der Waals surface area contributed by atoms with Crippen LogP contribution in [0.25, 0.3) is 0 Å². The van der Waals surface area contributed by atoms with Crippen LogP contribution in [0.5, 0.6) is 0 Å². The van der Waals surface area contributed by atoms with E-state index in [4.69, 9.17) is 9.84 Å². The van der Waals surface area contributed by atoms with E-state index in [0.717, 1.165) is 12.8 Å². The zero-order valence-corrected chi connectivity index (χ0v) is 7.47. The summed E-state index contributed by atoms with van der Waals surface area (Å²) in [4.78, 5) is 10.7. The van der Waals surface area contributed by atoms with E-state index in [-0.39, 0.29) is 11.6 Å². The van der Waals surface area contributed by atoms with Crippen LogP contribution in [-0.2, 0) is 4.74 Å². The Morgan fingerprint density at radius 3 is 2.71 bits per heavy atom. The Morgan fingerprint density at radius 1 is 1.36 bits per heavy atom. The van der Waals surface area contributed by atoms with Crippen molar-refractivity contribution < 1.29 is 19.3 Å². The lowest BCUT2D eigenvalue weighted by atomic mass is 9.95. The minimum Gasteiger partial charge on any atom is -0.476 e. The van der Waals surface area contributed by atoms with Gasteiger partial charge in [-0.25, -0.2) is 9.42 Å². The van der Waals surface area contributed by atoms with Crippen molar-refractivity contribution in [3.05, 3.63) is 11.4 Å². The van der Waals surface area contributed by atoms with Crippen molar-refractivity contribution >= 4 is 5.97 Å². The van der Waals surface area contributed by atoms with Crippen molar-refractivity contribution in [3.63, 3.8) is 0 Å². The Morgan fingerprint density at radius 2 is 2.07 bits per heavy atom. The molecule has 1 fully saturated rings. The van der Waals surface area contributed by atoms with Crippen molar-refractivity contribution in [2.24, 2.45) is 0 Å². The fourth-order valence-electron chi connectivity index (χ4n) is 1.58. The van der Waals surface area contributed by atoms with Crippen LogP contribution in [0.4, 0.5) is 0 Å². The molecular weight excluding hydrogens is 188 g/mol. The second-order valence-corrected chi connectivity index (χ2v) is 3.19. The molecule has 6 nitrogen and oxygen atoms in total. The molecule has 0 atom stereocenters. The van der Waals surface area contributed by atoms with Crippen LogP contribution < -0.4 is 0 Å². The van der Waals surface area contributed by atoms with E-state index < -0.39 is 5.97 Å². The number of ether oxygens (including phenoxy) is 1. The SMILES string of the molecule is O=C(O)c1nonc1C1CCOCC1. The maximum absolute atomic E-state index is 10.7. The van der Waals surface area contributed by atoms with Crippen molar-refractivity contribution in [2.75, 3.05) is 13.2 Å². The molecule has 0 unspecified atom stereocenters. The highest BCUT2D eigenvalue weighted by Gasteiger charge is 2.26. The first-order valence-corrected chi connectivity index (χ1v) is 4.42. The van der Waals surface area contributed by atoms with E-state index in [1.807, 2.05) is 0 Å². The predicted octanol–water partition coefficient (Wildman–Crippen LogP) is 0.662. The van der Waals surface area contributed by atoms with Gasteiger partial charge in [0.1, 0.15) is 5.69 Å². The molecule has 1 aromatic rings. The number of hydrogen-bond donors (Lipinski definition) is 1. The van der Waals surface area contributed by atoms with Gasteiger partial charge < -0.3 is 9.84 Å². The third-order valence-corrected chi connectivity index (χ3v) is 2.32. The third-order valence-electron chi connectivity index (χ3n) is 2.32. The van der Waals surface area contributed by atoms with E-state index in [0.29, 0.717) is 18.9 Å². The second-order valence-electron chi connectivity index (χ2n) is 3.19. The van der Waals surface area contributed by atoms with Crippen LogP contribution >= 0.6 is 0 Å². The molecule has 6 heteroatoms. The molecular formula is C8H10N2O4. The summed E-state index contributed by atoms with van der Waals surface area (Å²) in [7, 11) is 0. The first-order valence-electron chi connectivity index (χ1n) is 4.42. The van der Waals surface area contributed by atoms with Gasteiger partial charge in [-0.1, -0.05) is 5.16 Å². The highest BCUT2D eigenvalue weighted by Crippen LogP contribution is 2.27. The Labute approximate surface area is 79.8 Å². The normalized spacial score (nSPS) is 18.3. The molecule has 0 aliphatic carbocycles. The average Bonchev–Trinajstić information content (AvgIpc) is 2.67. The molecule has 2 heterocycles. The maximum Gasteiger partial charge on any atom is 0.360 e. The maximum atomic E-state index is 10.7. The van der Waals surface area contributed by atoms with E-state index in [2.05, 4.69) is 14.9 Å². The Bertz CT molecular complexity index is 330. The van der Waals surface area contributed by atoms with Gasteiger partial charge in [0.2, 0.25) is 5.69 Å². The number of hydrogen-bond acceptors (Lipinski definition) is 5. The zero-order valence-electron chi connectivity index (χ0n) is 7.47. The number of carboxylic acids is 1. The highest BCUT2D eigenvalue weighted by molar-refractivity contribution is 5.86. The van der Waals surface area contributed by atoms with Crippen molar-refractivity contribution in [3.8, 4) is 0 Å². The fourth-order valence-corrected chi connectivity index (χ4v) is 1.58. The number of carbonyl (C=O) groups is 1. The molecule has 1 aliphatic rings. The van der Waals surface area contributed by atoms with Crippen molar-refractivity contribution in [2.45, 2.75) is 18.8 Å². The molecule has 2 rings (SSSR count). The number of nitrogens with zero attached hydrogens (tertiary/aromatic N) is 2. The molecule has 0 saturated carbocycles. The lowest BCUT2D eigenvalue weighted by molar-refractivity contribution is 0.0675. The van der Waals surface area contributed by atoms with Crippen LogP contribution in [0, 0.1) is 0 Å². The van der Waals surface area contributed by atoms with Crippen LogP contribution in [0.15, 0.2) is 4.63 Å². The first kappa shape index (κ1) is 9.14. The van der Waals surface area contributed by atoms with Gasteiger partial charge in [0.25, 0.3) is 0 Å². The predicted molar refractivity (Wildman–Crippen MR) is 44.1 cm³/mol. The summed E-state index contributed by atoms with van der Waals surface area (Å²) < 4.78 is 9.61. The van der Waals surface area contributed by atoms with E-state index in [1.54, 1.807) is 0 Å². The summed E-state index contributed by atoms with van der Waals surface area (Å²) in [6, 6.07) is 0. The molecule has 14 heavy (non-hydrogen) atoms. The molecule has 1 saturated heterocycles. The fraction of sp³-hybridized carbons (Fsp3) is 0.625. The largest absolute Gasteiger partial charge is 0.476 e. The summed E-state index contributed by atoms with van der Waals surface area (Å²) in [5, 5.41) is 15.8. The zero-order chi connectivity index (χ0) is 9.97. The summed E-state index contributed by atoms with van der Waals surface area (Å²) in [6.45, 7) is 1.27. The Hall–Kier alpha value is -1.43. The third kappa shape index (κ3) is 1.60. The Balaban J connectivity index is 2.21. The Kier molecular flexibility index (Phi) is 2.45. The molecule has 0 amide bonds. The van der Waals surface area contributed by atoms with Crippen LogP contribution in [0.2, 0.25) is 0 Å². The summed E-state index contributed by atoms with van der Waals surface area (Å²) >= 11 is 0. The molecule has 0 bridgehead atoms. The first-order chi connectivity index (χ1) is 6.79. The monoisotopic (exact) mass is 198 g/mol. The van der Waals surface area contributed by atoms with E-state index in [9.17, 15) is 4.79 Å². The van der Waals surface area contributed by atoms with Gasteiger partial charge >= 0.3 is 5.97 Å². The van der Waals surface area contributed by atoms with Gasteiger partial charge in [0.05, 0.1) is 0 Å². The minimum atomic E-state index is -1.09. The molecule has 0 radical (unpaired) electrons. The minimum absolute atomic E-state index is 0.0723. The standard InChI is InChI=1S/C8H10N2O4/c11-8(12)7-6(9-14-10-7)5-1-3-13-4-2-5/h5H,1-4H2,(H,11,12). The quantitative estimate of drug-likeness (QED) is 0.751. The van der Waals surface area contributed by atoms with E-state index >= 15 is 0 Å². The number of aromatic nitrogens is 2. The van der Waals surface area contributed by atoms with Gasteiger partial charge in [-0.05, 0) is 18.0 Å². The average molecular weight is 198 g/mol. The summed E-state index contributed by atoms with van der Waals surface area (Å²) in [5.41, 5.74) is 0.373. The number of carboxylic acid groups (broad SMARTS) is 1. The molecule has 0 aromatic carbocycles. The van der Waals surface area contributed by atoms with Gasteiger partial charge in [-0.3, -0.25) is 0 Å². The molecule has 1 aliphatic heterocycles. The van der Waals surface area contributed by atoms with Crippen LogP contribution in [0.3, 0.4) is 0 Å². The van der Waals surface area contributed by atoms with E-state index in [1.165, 1.54) is 0 Å². The van der Waals surface area contributed by atoms with Crippen LogP contribution in [-0.4, -0.2) is 34.6 Å². The smallest absolute Gasteiger partial charge is 0.360 e. The highest BCUT2D eigenvalue weighted by atomic mass is 16.6. The molecule has 0 spiro atoms. The van der Waals surface area contributed by atoms with Crippen molar-refractivity contribution in [1.29, 1.82) is 0 Å². The summed E-state index contributed by atoms with van der Waals surface area (Å²) in [6.07, 6.45) is 1.54. The topological polar surface area (TPSA) is 85.5 Å². The lowest BCUT2D eigenvalue weighted by Gasteiger charge is -2.19. The van der Waals surface area contributed by atoms with Gasteiger partial charge in [0.15, 0.2) is 0 Å². The van der Waals surface area contributed by atoms with Gasteiger partial charge in [-0.2, -0.15) is 0 Å². The van der Waals surface area contributed by atoms with Gasteiger partial charge in [-0.15, -0.1) is 0 Å².